The Labute approximate surface area is 187 Å². The van der Waals surface area contributed by atoms with Crippen LogP contribution in [0, 0.1) is 13.8 Å². The Hall–Kier alpha value is -2.74. The molecule has 1 radical (unpaired) electrons. The van der Waals surface area contributed by atoms with Gasteiger partial charge in [0.1, 0.15) is 11.5 Å². The van der Waals surface area contributed by atoms with Crippen molar-refractivity contribution in [2.24, 2.45) is 0 Å². The molecular formula is C27H21Cl2O. The van der Waals surface area contributed by atoms with E-state index in [0.717, 1.165) is 28.2 Å². The Morgan fingerprint density at radius 3 is 2.10 bits per heavy atom. The molecule has 1 nitrogen and oxygen atoms in total. The smallest absolute Gasteiger partial charge is 0.127 e. The summed E-state index contributed by atoms with van der Waals surface area (Å²) in [6, 6.07) is 31.6. The number of rotatable bonds is 5. The van der Waals surface area contributed by atoms with Gasteiger partial charge in [0.05, 0.1) is 0 Å². The number of hydrogen-bond acceptors (Lipinski definition) is 1. The Balaban J connectivity index is 1.86. The molecule has 0 saturated heterocycles. The Kier molecular flexibility index (Phi) is 5.85. The molecule has 0 aliphatic carbocycles. The molecule has 0 saturated carbocycles. The largest absolute Gasteiger partial charge is 0.457 e. The van der Waals surface area contributed by atoms with Crippen LogP contribution < -0.4 is 4.74 Å². The summed E-state index contributed by atoms with van der Waals surface area (Å²) in [6.07, 6.45) is 0. The highest BCUT2D eigenvalue weighted by Gasteiger charge is 2.33. The molecule has 1 atom stereocenters. The lowest BCUT2D eigenvalue weighted by Gasteiger charge is -2.33. The van der Waals surface area contributed by atoms with Crippen LogP contribution in [0.25, 0.3) is 0 Å². The third-order valence-corrected chi connectivity index (χ3v) is 5.79. The molecule has 30 heavy (non-hydrogen) atoms. The molecule has 149 valence electrons. The molecule has 0 amide bonds. The van der Waals surface area contributed by atoms with E-state index >= 15 is 0 Å². The standard InChI is InChI=1S/C27H21Cl2O/c1-19-11-13-20(14-12-19)27(2,25-16-15-22(28)18-26(25)29)21-7-6-10-24(17-21)30-23-8-4-3-5-9-23/h3-18H,2H2,1H3. The van der Waals surface area contributed by atoms with Gasteiger partial charge in [-0.2, -0.15) is 0 Å². The number of hydrogen-bond donors (Lipinski definition) is 0. The molecule has 0 fully saturated rings. The lowest BCUT2D eigenvalue weighted by Crippen LogP contribution is -2.26. The SMILES string of the molecule is [CH2]C(c1ccc(C)cc1)(c1cccc(Oc2ccccc2)c1)c1ccc(Cl)cc1Cl. The van der Waals surface area contributed by atoms with Crippen molar-refractivity contribution in [2.75, 3.05) is 0 Å². The summed E-state index contributed by atoms with van der Waals surface area (Å²) in [7, 11) is 0. The first kappa shape index (κ1) is 20.5. The predicted molar refractivity (Wildman–Crippen MR) is 126 cm³/mol. The van der Waals surface area contributed by atoms with Crippen LogP contribution in [0.4, 0.5) is 0 Å². The van der Waals surface area contributed by atoms with Gasteiger partial charge in [0.25, 0.3) is 0 Å². The fourth-order valence-corrected chi connectivity index (χ4v) is 4.17. The molecular weight excluding hydrogens is 411 g/mol. The summed E-state index contributed by atoms with van der Waals surface area (Å²) in [4.78, 5) is 0. The van der Waals surface area contributed by atoms with E-state index in [0.29, 0.717) is 10.0 Å². The molecule has 0 aliphatic heterocycles. The Bertz CT molecular complexity index is 1150. The second kappa shape index (κ2) is 8.55. The summed E-state index contributed by atoms with van der Waals surface area (Å²) in [5.74, 6) is 1.52. The van der Waals surface area contributed by atoms with E-state index in [1.165, 1.54) is 5.56 Å². The topological polar surface area (TPSA) is 9.23 Å². The molecule has 0 aromatic heterocycles. The lowest BCUT2D eigenvalue weighted by molar-refractivity contribution is 0.481. The van der Waals surface area contributed by atoms with E-state index in [2.05, 4.69) is 44.2 Å². The minimum atomic E-state index is -0.731. The molecule has 4 aromatic carbocycles. The number of halogens is 2. The lowest BCUT2D eigenvalue weighted by atomic mass is 9.71. The fourth-order valence-electron chi connectivity index (χ4n) is 3.60. The molecule has 0 aliphatic rings. The van der Waals surface area contributed by atoms with Crippen molar-refractivity contribution in [3.05, 3.63) is 136 Å². The van der Waals surface area contributed by atoms with Crippen LogP contribution in [0.5, 0.6) is 11.5 Å². The monoisotopic (exact) mass is 431 g/mol. The highest BCUT2D eigenvalue weighted by molar-refractivity contribution is 6.35. The quantitative estimate of drug-likeness (QED) is 0.289. The van der Waals surface area contributed by atoms with Crippen molar-refractivity contribution in [1.82, 2.24) is 0 Å². The maximum atomic E-state index is 6.66. The van der Waals surface area contributed by atoms with Crippen LogP contribution in [-0.2, 0) is 5.41 Å². The van der Waals surface area contributed by atoms with E-state index in [4.69, 9.17) is 27.9 Å². The van der Waals surface area contributed by atoms with Gasteiger partial charge in [0.15, 0.2) is 0 Å². The van der Waals surface area contributed by atoms with E-state index < -0.39 is 5.41 Å². The number of benzene rings is 4. The normalized spacial score (nSPS) is 12.9. The number of ether oxygens (including phenoxy) is 1. The van der Waals surface area contributed by atoms with Crippen molar-refractivity contribution in [3.63, 3.8) is 0 Å². The van der Waals surface area contributed by atoms with Gasteiger partial charge < -0.3 is 4.74 Å². The maximum Gasteiger partial charge on any atom is 0.127 e. The van der Waals surface area contributed by atoms with Crippen molar-refractivity contribution >= 4 is 23.2 Å². The van der Waals surface area contributed by atoms with Gasteiger partial charge in [-0.3, -0.25) is 0 Å². The summed E-state index contributed by atoms with van der Waals surface area (Å²) in [6.45, 7) is 6.73. The van der Waals surface area contributed by atoms with Crippen LogP contribution in [0.1, 0.15) is 22.3 Å². The molecule has 0 spiro atoms. The van der Waals surface area contributed by atoms with Crippen molar-refractivity contribution in [1.29, 1.82) is 0 Å². The van der Waals surface area contributed by atoms with E-state index in [1.807, 2.05) is 60.7 Å². The van der Waals surface area contributed by atoms with Crippen LogP contribution >= 0.6 is 23.2 Å². The minimum absolute atomic E-state index is 0.576. The van der Waals surface area contributed by atoms with Gasteiger partial charge in [-0.25, -0.2) is 0 Å². The van der Waals surface area contributed by atoms with E-state index in [-0.39, 0.29) is 0 Å². The molecule has 1 unspecified atom stereocenters. The summed E-state index contributed by atoms with van der Waals surface area (Å²) < 4.78 is 6.07. The Morgan fingerprint density at radius 1 is 0.700 bits per heavy atom. The van der Waals surface area contributed by atoms with Crippen LogP contribution in [-0.4, -0.2) is 0 Å². The van der Waals surface area contributed by atoms with Crippen molar-refractivity contribution in [3.8, 4) is 11.5 Å². The van der Waals surface area contributed by atoms with Crippen LogP contribution in [0.15, 0.2) is 97.1 Å². The summed E-state index contributed by atoms with van der Waals surface area (Å²) >= 11 is 12.8. The van der Waals surface area contributed by atoms with Gasteiger partial charge in [-0.1, -0.05) is 89.4 Å². The average Bonchev–Trinajstić information content (AvgIpc) is 2.75. The van der Waals surface area contributed by atoms with Crippen molar-refractivity contribution in [2.45, 2.75) is 12.3 Å². The van der Waals surface area contributed by atoms with E-state index in [9.17, 15) is 0 Å². The predicted octanol–water partition coefficient (Wildman–Crippen LogP) is 8.26. The zero-order chi connectivity index (χ0) is 21.1. The molecule has 4 rings (SSSR count). The minimum Gasteiger partial charge on any atom is -0.457 e. The van der Waals surface area contributed by atoms with Crippen LogP contribution in [0.3, 0.4) is 0 Å². The summed E-state index contributed by atoms with van der Waals surface area (Å²) in [5.41, 5.74) is 3.35. The van der Waals surface area contributed by atoms with Gasteiger partial charge >= 0.3 is 0 Å². The van der Waals surface area contributed by atoms with Gasteiger partial charge in [-0.05, 0) is 66.9 Å². The second-order valence-electron chi connectivity index (χ2n) is 7.34. The molecule has 0 bridgehead atoms. The average molecular weight is 432 g/mol. The first-order valence-electron chi connectivity index (χ1n) is 9.68. The summed E-state index contributed by atoms with van der Waals surface area (Å²) in [5, 5.41) is 1.17. The highest BCUT2D eigenvalue weighted by atomic mass is 35.5. The second-order valence-corrected chi connectivity index (χ2v) is 8.18. The number of aryl methyl sites for hydroxylation is 1. The number of para-hydroxylation sites is 1. The first-order chi connectivity index (χ1) is 14.5. The van der Waals surface area contributed by atoms with Gasteiger partial charge in [-0.15, -0.1) is 0 Å². The van der Waals surface area contributed by atoms with Gasteiger partial charge in [0.2, 0.25) is 0 Å². The molecule has 0 N–H and O–H groups in total. The molecule has 3 heteroatoms. The Morgan fingerprint density at radius 2 is 1.40 bits per heavy atom. The van der Waals surface area contributed by atoms with E-state index in [1.54, 1.807) is 6.07 Å². The highest BCUT2D eigenvalue weighted by Crippen LogP contribution is 2.43. The molecule has 0 heterocycles. The third-order valence-electron chi connectivity index (χ3n) is 5.24. The maximum absolute atomic E-state index is 6.66. The first-order valence-corrected chi connectivity index (χ1v) is 10.4. The zero-order valence-corrected chi connectivity index (χ0v) is 18.1. The fraction of sp³-hybridized carbons (Fsp3) is 0.0741. The molecule has 4 aromatic rings. The van der Waals surface area contributed by atoms with Crippen molar-refractivity contribution < 1.29 is 4.74 Å². The van der Waals surface area contributed by atoms with Gasteiger partial charge in [0, 0.05) is 15.5 Å². The zero-order valence-electron chi connectivity index (χ0n) is 16.6. The van der Waals surface area contributed by atoms with Crippen LogP contribution in [0.2, 0.25) is 10.0 Å². The third kappa shape index (κ3) is 4.09.